The Morgan fingerprint density at radius 2 is 2.00 bits per heavy atom. The van der Waals surface area contributed by atoms with E-state index >= 15 is 0 Å². The van der Waals surface area contributed by atoms with Crippen molar-refractivity contribution >= 4 is 68.1 Å². The van der Waals surface area contributed by atoms with Crippen LogP contribution >= 0.6 is 39.3 Å². The molecule has 180 valence electrons. The first kappa shape index (κ1) is 26.1. The maximum atomic E-state index is 12.9. The monoisotopic (exact) mass is 566 g/mol. The number of imide groups is 1. The summed E-state index contributed by atoms with van der Waals surface area (Å²) in [7, 11) is 0. The second-order valence-corrected chi connectivity index (χ2v) is 9.65. The van der Waals surface area contributed by atoms with E-state index < -0.39 is 23.6 Å². The van der Waals surface area contributed by atoms with E-state index in [2.05, 4.69) is 21.2 Å². The Hall–Kier alpha value is -2.49. The van der Waals surface area contributed by atoms with Crippen LogP contribution in [0.5, 0.6) is 11.5 Å². The average molecular weight is 568 g/mol. The van der Waals surface area contributed by atoms with Crippen LogP contribution in [-0.2, 0) is 9.59 Å². The van der Waals surface area contributed by atoms with Crippen molar-refractivity contribution < 1.29 is 23.9 Å². The van der Waals surface area contributed by atoms with E-state index in [9.17, 15) is 14.4 Å². The molecule has 0 bridgehead atoms. The third-order valence-corrected chi connectivity index (χ3v) is 6.67. The van der Waals surface area contributed by atoms with Crippen LogP contribution in [0.2, 0.25) is 5.02 Å². The molecule has 0 unspecified atom stereocenters. The molecule has 0 aromatic heterocycles. The van der Waals surface area contributed by atoms with Gasteiger partial charge in [-0.25, -0.2) is 0 Å². The first-order valence-corrected chi connectivity index (χ1v) is 12.6. The summed E-state index contributed by atoms with van der Waals surface area (Å²) in [6.45, 7) is 5.88. The predicted octanol–water partition coefficient (Wildman–Crippen LogP) is 6.35. The van der Waals surface area contributed by atoms with E-state index in [1.165, 1.54) is 0 Å². The number of anilines is 1. The third kappa shape index (κ3) is 6.34. The van der Waals surface area contributed by atoms with Gasteiger partial charge in [-0.2, -0.15) is 0 Å². The summed E-state index contributed by atoms with van der Waals surface area (Å²) in [5, 5.41) is 2.46. The Balaban J connectivity index is 1.78. The smallest absolute Gasteiger partial charge is 0.294 e. The highest BCUT2D eigenvalue weighted by molar-refractivity contribution is 9.10. The van der Waals surface area contributed by atoms with Crippen LogP contribution in [0.25, 0.3) is 6.08 Å². The molecule has 34 heavy (non-hydrogen) atoms. The molecule has 0 saturated carbocycles. The molecular weight excluding hydrogens is 544 g/mol. The first-order chi connectivity index (χ1) is 16.2. The van der Waals surface area contributed by atoms with E-state index in [1.807, 2.05) is 20.8 Å². The molecule has 1 heterocycles. The summed E-state index contributed by atoms with van der Waals surface area (Å²) < 4.78 is 12.4. The van der Waals surface area contributed by atoms with Gasteiger partial charge in [-0.3, -0.25) is 19.3 Å². The molecule has 1 aliphatic heterocycles. The zero-order valence-electron chi connectivity index (χ0n) is 18.9. The van der Waals surface area contributed by atoms with Gasteiger partial charge in [0.1, 0.15) is 6.54 Å². The standard InChI is InChI=1S/C24H24BrClN2O5S/c1-4-14(3)33-22-16(25)10-15(11-19(22)32-5-2)12-20-23(30)28(24(31)34-20)13-21(29)27-18-9-7-6-8-17(18)26/h6-12,14H,4-5,13H2,1-3H3,(H,27,29)/b20-12+/t14-/m1/s1. The second kappa shape index (κ2) is 11.8. The van der Waals surface area contributed by atoms with Gasteiger partial charge in [-0.1, -0.05) is 30.7 Å². The number of thioether (sulfide) groups is 1. The largest absolute Gasteiger partial charge is 0.490 e. The Morgan fingerprint density at radius 3 is 2.68 bits per heavy atom. The number of amides is 3. The van der Waals surface area contributed by atoms with Gasteiger partial charge in [0.05, 0.1) is 32.8 Å². The lowest BCUT2D eigenvalue weighted by atomic mass is 10.1. The molecule has 10 heteroatoms. The summed E-state index contributed by atoms with van der Waals surface area (Å²) in [5.41, 5.74) is 1.06. The average Bonchev–Trinajstić information content (AvgIpc) is 3.05. The Morgan fingerprint density at radius 1 is 1.26 bits per heavy atom. The number of hydrogen-bond acceptors (Lipinski definition) is 6. The highest BCUT2D eigenvalue weighted by Crippen LogP contribution is 2.40. The van der Waals surface area contributed by atoms with E-state index in [4.69, 9.17) is 21.1 Å². The molecule has 1 N–H and O–H groups in total. The maximum absolute atomic E-state index is 12.9. The summed E-state index contributed by atoms with van der Waals surface area (Å²) in [5.74, 6) is 0.0439. The molecule has 0 spiro atoms. The molecule has 3 rings (SSSR count). The lowest BCUT2D eigenvalue weighted by molar-refractivity contribution is -0.127. The Labute approximate surface area is 215 Å². The summed E-state index contributed by atoms with van der Waals surface area (Å²) in [6.07, 6.45) is 2.42. The quantitative estimate of drug-likeness (QED) is 0.355. The van der Waals surface area contributed by atoms with Crippen LogP contribution < -0.4 is 14.8 Å². The number of hydrogen-bond donors (Lipinski definition) is 1. The molecular formula is C24H24BrClN2O5S. The van der Waals surface area contributed by atoms with Crippen molar-refractivity contribution in [3.8, 4) is 11.5 Å². The van der Waals surface area contributed by atoms with E-state index in [0.717, 1.165) is 23.1 Å². The SMILES string of the molecule is CCOc1cc(/C=C2/SC(=O)N(CC(=O)Nc3ccccc3Cl)C2=O)cc(Br)c1O[C@H](C)CC. The van der Waals surface area contributed by atoms with Crippen molar-refractivity contribution in [2.24, 2.45) is 0 Å². The van der Waals surface area contributed by atoms with Crippen LogP contribution in [0.15, 0.2) is 45.8 Å². The van der Waals surface area contributed by atoms with E-state index in [0.29, 0.717) is 38.9 Å². The molecule has 1 saturated heterocycles. The highest BCUT2D eigenvalue weighted by atomic mass is 79.9. The molecule has 7 nitrogen and oxygen atoms in total. The summed E-state index contributed by atoms with van der Waals surface area (Å²) in [6, 6.07) is 10.3. The molecule has 1 atom stereocenters. The van der Waals surface area contributed by atoms with Crippen LogP contribution in [0.4, 0.5) is 10.5 Å². The van der Waals surface area contributed by atoms with Crippen molar-refractivity contribution in [2.45, 2.75) is 33.3 Å². The number of carbonyl (C=O) groups excluding carboxylic acids is 3. The van der Waals surface area contributed by atoms with Gasteiger partial charge in [-0.05, 0) is 83.9 Å². The topological polar surface area (TPSA) is 84.9 Å². The maximum Gasteiger partial charge on any atom is 0.294 e. The zero-order valence-corrected chi connectivity index (χ0v) is 22.1. The van der Waals surface area contributed by atoms with Crippen molar-refractivity contribution in [3.05, 3.63) is 56.4 Å². The lowest BCUT2D eigenvalue weighted by Gasteiger charge is -2.18. The van der Waals surface area contributed by atoms with Crippen LogP contribution in [-0.4, -0.2) is 41.2 Å². The first-order valence-electron chi connectivity index (χ1n) is 10.7. The van der Waals surface area contributed by atoms with Crippen molar-refractivity contribution in [3.63, 3.8) is 0 Å². The molecule has 1 aliphatic rings. The van der Waals surface area contributed by atoms with E-state index in [1.54, 1.807) is 42.5 Å². The minimum atomic E-state index is -0.543. The van der Waals surface area contributed by atoms with Crippen LogP contribution in [0, 0.1) is 0 Å². The molecule has 0 aliphatic carbocycles. The van der Waals surface area contributed by atoms with Gasteiger partial charge in [-0.15, -0.1) is 0 Å². The number of para-hydroxylation sites is 1. The van der Waals surface area contributed by atoms with Crippen LogP contribution in [0.3, 0.4) is 0 Å². The molecule has 1 fully saturated rings. The van der Waals surface area contributed by atoms with Gasteiger partial charge >= 0.3 is 0 Å². The second-order valence-electron chi connectivity index (χ2n) is 7.40. The third-order valence-electron chi connectivity index (χ3n) is 4.85. The van der Waals surface area contributed by atoms with Gasteiger partial charge < -0.3 is 14.8 Å². The van der Waals surface area contributed by atoms with Gasteiger partial charge in [0.15, 0.2) is 11.5 Å². The number of nitrogens with zero attached hydrogens (tertiary/aromatic N) is 1. The summed E-state index contributed by atoms with van der Waals surface area (Å²) in [4.78, 5) is 38.8. The van der Waals surface area contributed by atoms with Gasteiger partial charge in [0.2, 0.25) is 5.91 Å². The molecule has 2 aromatic carbocycles. The Bertz CT molecular complexity index is 1140. The molecule has 3 amide bonds. The fourth-order valence-corrected chi connectivity index (χ4v) is 4.59. The van der Waals surface area contributed by atoms with Gasteiger partial charge in [0, 0.05) is 0 Å². The number of nitrogens with one attached hydrogen (secondary N) is 1. The number of benzene rings is 2. The minimum Gasteiger partial charge on any atom is -0.490 e. The number of halogens is 2. The van der Waals surface area contributed by atoms with Crippen molar-refractivity contribution in [2.75, 3.05) is 18.5 Å². The number of ether oxygens (including phenoxy) is 2. The molecule has 0 radical (unpaired) electrons. The predicted molar refractivity (Wildman–Crippen MR) is 138 cm³/mol. The summed E-state index contributed by atoms with van der Waals surface area (Å²) >= 11 is 10.3. The number of carbonyl (C=O) groups is 3. The van der Waals surface area contributed by atoms with Crippen molar-refractivity contribution in [1.29, 1.82) is 0 Å². The van der Waals surface area contributed by atoms with Crippen LogP contribution in [0.1, 0.15) is 32.8 Å². The fraction of sp³-hybridized carbons (Fsp3) is 0.292. The number of rotatable bonds is 9. The Kier molecular flexibility index (Phi) is 9.04. The highest BCUT2D eigenvalue weighted by Gasteiger charge is 2.36. The van der Waals surface area contributed by atoms with Gasteiger partial charge in [0.25, 0.3) is 11.1 Å². The van der Waals surface area contributed by atoms with E-state index in [-0.39, 0.29) is 11.0 Å². The lowest BCUT2D eigenvalue weighted by Crippen LogP contribution is -2.36. The van der Waals surface area contributed by atoms with Crippen molar-refractivity contribution in [1.82, 2.24) is 4.90 Å². The fourth-order valence-electron chi connectivity index (χ4n) is 3.02. The normalized spacial score (nSPS) is 15.6. The zero-order chi connectivity index (χ0) is 24.8. The molecule has 2 aromatic rings. The minimum absolute atomic E-state index is 0.00484.